The van der Waals surface area contributed by atoms with Gasteiger partial charge in [-0.2, -0.15) is 0 Å². The van der Waals surface area contributed by atoms with E-state index in [0.29, 0.717) is 30.5 Å². The van der Waals surface area contributed by atoms with Crippen molar-refractivity contribution in [3.8, 4) is 0 Å². The van der Waals surface area contributed by atoms with Gasteiger partial charge in [0.1, 0.15) is 5.54 Å². The van der Waals surface area contributed by atoms with E-state index in [2.05, 4.69) is 32.6 Å². The molecule has 4 heteroatoms. The summed E-state index contributed by atoms with van der Waals surface area (Å²) in [6.45, 7) is 9.00. The minimum atomic E-state index is -0.820. The Hall–Kier alpha value is -0.450. The highest BCUT2D eigenvalue weighted by atomic mass is 16.5. The largest absolute Gasteiger partial charge is 0.394 e. The Labute approximate surface area is 122 Å². The predicted octanol–water partition coefficient (Wildman–Crippen LogP) is 1.71. The highest BCUT2D eigenvalue weighted by molar-refractivity contribution is 5.92. The van der Waals surface area contributed by atoms with Gasteiger partial charge in [-0.3, -0.25) is 9.69 Å². The third-order valence-corrected chi connectivity index (χ3v) is 5.27. The lowest BCUT2D eigenvalue weighted by atomic mass is 9.64. The van der Waals surface area contributed by atoms with Gasteiger partial charge in [0.2, 0.25) is 0 Å². The van der Waals surface area contributed by atoms with E-state index in [1.165, 1.54) is 0 Å². The van der Waals surface area contributed by atoms with Crippen LogP contribution in [0, 0.1) is 17.8 Å². The van der Waals surface area contributed by atoms with E-state index in [1.54, 1.807) is 7.11 Å². The van der Waals surface area contributed by atoms with Crippen molar-refractivity contribution < 1.29 is 14.6 Å². The van der Waals surface area contributed by atoms with Gasteiger partial charge in [-0.1, -0.05) is 27.7 Å². The van der Waals surface area contributed by atoms with E-state index in [-0.39, 0.29) is 18.3 Å². The Balaban J connectivity index is 2.46. The molecule has 2 unspecified atom stereocenters. The molecule has 0 aliphatic carbocycles. The molecule has 5 atom stereocenters. The summed E-state index contributed by atoms with van der Waals surface area (Å²) in [5.41, 5.74) is -0.820. The van der Waals surface area contributed by atoms with Gasteiger partial charge in [0, 0.05) is 25.1 Å². The second-order valence-electron chi connectivity index (χ2n) is 7.19. The minimum Gasteiger partial charge on any atom is -0.394 e. The number of ketones is 1. The summed E-state index contributed by atoms with van der Waals surface area (Å²) < 4.78 is 5.33. The molecule has 3 aliphatic heterocycles. The maximum atomic E-state index is 12.8. The molecule has 0 aromatic heterocycles. The van der Waals surface area contributed by atoms with Crippen LogP contribution in [0.1, 0.15) is 40.5 Å². The second-order valence-corrected chi connectivity index (χ2v) is 7.19. The third-order valence-electron chi connectivity index (χ3n) is 5.27. The number of fused-ring (bicyclic) bond motifs is 3. The molecule has 0 amide bonds. The summed E-state index contributed by atoms with van der Waals surface area (Å²) in [5, 5.41) is 10.0. The van der Waals surface area contributed by atoms with Crippen LogP contribution >= 0.6 is 0 Å². The van der Waals surface area contributed by atoms with E-state index >= 15 is 0 Å². The maximum absolute atomic E-state index is 12.8. The van der Waals surface area contributed by atoms with Gasteiger partial charge in [-0.15, -0.1) is 0 Å². The Bertz CT molecular complexity index is 351. The molecule has 3 aliphatic rings. The SMILES string of the molecule is COC[C@@]1(CO)C(=O)C2C[C@H](C(C)C)N1[C@H](C(C)C)C2. The topological polar surface area (TPSA) is 49.8 Å². The van der Waals surface area contributed by atoms with Gasteiger partial charge >= 0.3 is 0 Å². The fourth-order valence-corrected chi connectivity index (χ4v) is 4.28. The lowest BCUT2D eigenvalue weighted by Gasteiger charge is -2.61. The molecule has 0 spiro atoms. The van der Waals surface area contributed by atoms with Gasteiger partial charge in [0.25, 0.3) is 0 Å². The molecule has 3 saturated heterocycles. The Kier molecular flexibility index (Phi) is 4.57. The summed E-state index contributed by atoms with van der Waals surface area (Å²) in [5.74, 6) is 1.24. The van der Waals surface area contributed by atoms with Crippen molar-refractivity contribution in [2.75, 3.05) is 20.3 Å². The van der Waals surface area contributed by atoms with Crippen LogP contribution in [0.25, 0.3) is 0 Å². The molecular formula is C16H29NO3. The maximum Gasteiger partial charge on any atom is 0.161 e. The number of rotatable bonds is 5. The van der Waals surface area contributed by atoms with Crippen LogP contribution in [0.15, 0.2) is 0 Å². The molecule has 1 N–H and O–H groups in total. The number of nitrogens with zero attached hydrogens (tertiary/aromatic N) is 1. The predicted molar refractivity (Wildman–Crippen MR) is 78.5 cm³/mol. The van der Waals surface area contributed by atoms with Crippen molar-refractivity contribution in [3.05, 3.63) is 0 Å². The van der Waals surface area contributed by atoms with Crippen molar-refractivity contribution in [2.45, 2.75) is 58.2 Å². The van der Waals surface area contributed by atoms with Gasteiger partial charge < -0.3 is 9.84 Å². The highest BCUT2D eigenvalue weighted by Crippen LogP contribution is 2.47. The fourth-order valence-electron chi connectivity index (χ4n) is 4.28. The smallest absolute Gasteiger partial charge is 0.161 e. The number of carbonyl (C=O) groups excluding carboxylic acids is 1. The quantitative estimate of drug-likeness (QED) is 0.834. The van der Waals surface area contributed by atoms with Crippen molar-refractivity contribution in [1.29, 1.82) is 0 Å². The number of ether oxygens (including phenoxy) is 1. The van der Waals surface area contributed by atoms with E-state index < -0.39 is 5.54 Å². The zero-order valence-corrected chi connectivity index (χ0v) is 13.4. The number of methoxy groups -OCH3 is 1. The molecule has 3 fully saturated rings. The van der Waals surface area contributed by atoms with E-state index in [0.717, 1.165) is 12.8 Å². The first-order chi connectivity index (χ1) is 9.39. The summed E-state index contributed by atoms with van der Waals surface area (Å²) in [4.78, 5) is 15.1. The molecule has 20 heavy (non-hydrogen) atoms. The number of piperidine rings is 3. The van der Waals surface area contributed by atoms with Crippen LogP contribution in [0.3, 0.4) is 0 Å². The normalized spacial score (nSPS) is 40.9. The Morgan fingerprint density at radius 2 is 1.75 bits per heavy atom. The molecule has 116 valence electrons. The monoisotopic (exact) mass is 283 g/mol. The van der Waals surface area contributed by atoms with Crippen LogP contribution in [0.2, 0.25) is 0 Å². The molecular weight excluding hydrogens is 254 g/mol. The lowest BCUT2D eigenvalue weighted by Crippen LogP contribution is -2.76. The first kappa shape index (κ1) is 15.9. The van der Waals surface area contributed by atoms with Gasteiger partial charge in [-0.05, 0) is 24.7 Å². The number of Topliss-reactive ketones (excluding diaryl/α,β-unsaturated/α-hetero) is 1. The van der Waals surface area contributed by atoms with Gasteiger partial charge in [0.15, 0.2) is 5.78 Å². The fraction of sp³-hybridized carbons (Fsp3) is 0.938. The van der Waals surface area contributed by atoms with Crippen LogP contribution in [0.4, 0.5) is 0 Å². The molecule has 0 aromatic carbocycles. The van der Waals surface area contributed by atoms with Crippen molar-refractivity contribution in [2.24, 2.45) is 17.8 Å². The van der Waals surface area contributed by atoms with E-state index in [4.69, 9.17) is 4.74 Å². The molecule has 2 bridgehead atoms. The van der Waals surface area contributed by atoms with Crippen LogP contribution in [0.5, 0.6) is 0 Å². The molecule has 0 radical (unpaired) electrons. The highest BCUT2D eigenvalue weighted by Gasteiger charge is 2.60. The van der Waals surface area contributed by atoms with Crippen molar-refractivity contribution in [1.82, 2.24) is 4.90 Å². The number of aliphatic hydroxyl groups is 1. The van der Waals surface area contributed by atoms with Crippen LogP contribution in [-0.2, 0) is 9.53 Å². The number of carbonyl (C=O) groups is 1. The van der Waals surface area contributed by atoms with E-state index in [9.17, 15) is 9.90 Å². The molecule has 3 heterocycles. The average molecular weight is 283 g/mol. The molecule has 3 rings (SSSR count). The zero-order valence-electron chi connectivity index (χ0n) is 13.4. The number of hydrogen-bond donors (Lipinski definition) is 1. The summed E-state index contributed by atoms with van der Waals surface area (Å²) >= 11 is 0. The average Bonchev–Trinajstić information content (AvgIpc) is 2.42. The zero-order chi connectivity index (χ0) is 15.1. The first-order valence-electron chi connectivity index (χ1n) is 7.81. The Morgan fingerprint density at radius 3 is 2.10 bits per heavy atom. The summed E-state index contributed by atoms with van der Waals surface area (Å²) in [6, 6.07) is 0.724. The summed E-state index contributed by atoms with van der Waals surface area (Å²) in [7, 11) is 1.61. The summed E-state index contributed by atoms with van der Waals surface area (Å²) in [6.07, 6.45) is 1.87. The van der Waals surface area contributed by atoms with Crippen LogP contribution in [-0.4, -0.2) is 53.7 Å². The first-order valence-corrected chi connectivity index (χ1v) is 7.81. The minimum absolute atomic E-state index is 0.0853. The van der Waals surface area contributed by atoms with Gasteiger partial charge in [-0.25, -0.2) is 0 Å². The standard InChI is InChI=1S/C16H29NO3/c1-10(2)13-6-12-7-14(11(3)4)17(13)16(8-18,9-20-5)15(12)19/h10-14,18H,6-9H2,1-5H3/t12?,13-,14+,16-/m0/s1. The Morgan fingerprint density at radius 1 is 1.25 bits per heavy atom. The lowest BCUT2D eigenvalue weighted by molar-refractivity contribution is -0.183. The second kappa shape index (κ2) is 5.74. The van der Waals surface area contributed by atoms with Gasteiger partial charge in [0.05, 0.1) is 13.2 Å². The third kappa shape index (κ3) is 2.22. The van der Waals surface area contributed by atoms with E-state index in [1.807, 2.05) is 0 Å². The van der Waals surface area contributed by atoms with Crippen LogP contribution < -0.4 is 0 Å². The number of aliphatic hydroxyl groups excluding tert-OH is 1. The molecule has 4 nitrogen and oxygen atoms in total. The van der Waals surface area contributed by atoms with Crippen molar-refractivity contribution in [3.63, 3.8) is 0 Å². The van der Waals surface area contributed by atoms with Crippen molar-refractivity contribution >= 4 is 5.78 Å². The molecule has 0 aromatic rings. The molecule has 0 saturated carbocycles. The number of hydrogen-bond acceptors (Lipinski definition) is 4.